The topological polar surface area (TPSA) is 62.0 Å². The summed E-state index contributed by atoms with van der Waals surface area (Å²) in [5.41, 5.74) is 3.84. The molecule has 0 saturated carbocycles. The van der Waals surface area contributed by atoms with E-state index in [9.17, 15) is 10.0 Å². The van der Waals surface area contributed by atoms with Crippen LogP contribution in [0.15, 0.2) is 89.0 Å². The normalized spacial score (nSPS) is 25.3. The number of thioether (sulfide) groups is 1. The second-order valence-electron chi connectivity index (χ2n) is 8.09. The van der Waals surface area contributed by atoms with E-state index in [1.54, 1.807) is 0 Å². The van der Waals surface area contributed by atoms with Crippen LogP contribution in [0.3, 0.4) is 0 Å². The molecule has 5 rings (SSSR count). The summed E-state index contributed by atoms with van der Waals surface area (Å²) in [7, 11) is 0. The van der Waals surface area contributed by atoms with Crippen LogP contribution in [-0.4, -0.2) is 21.1 Å². The maximum atomic E-state index is 14.1. The van der Waals surface area contributed by atoms with E-state index < -0.39 is 5.41 Å². The average Bonchev–Trinajstić information content (AvgIpc) is 3.12. The molecule has 2 atom stereocenters. The highest BCUT2D eigenvalue weighted by atomic mass is 32.2. The van der Waals surface area contributed by atoms with Gasteiger partial charge in [0.1, 0.15) is 5.04 Å². The zero-order valence-electron chi connectivity index (χ0n) is 17.2. The smallest absolute Gasteiger partial charge is 0.176 e. The molecule has 0 amide bonds. The Morgan fingerprint density at radius 1 is 0.968 bits per heavy atom. The van der Waals surface area contributed by atoms with E-state index in [4.69, 9.17) is 4.99 Å². The van der Waals surface area contributed by atoms with Gasteiger partial charge in [-0.15, -0.1) is 0 Å². The number of Topliss-reactive ketones (excluding diaryl/α,β-unsaturated/α-hetero) is 1. The maximum absolute atomic E-state index is 14.1. The van der Waals surface area contributed by atoms with E-state index in [0.717, 1.165) is 34.4 Å². The molecule has 0 radical (unpaired) electrons. The third-order valence-electron chi connectivity index (χ3n) is 6.27. The molecule has 2 aliphatic rings. The van der Waals surface area contributed by atoms with Gasteiger partial charge in [-0.1, -0.05) is 89.2 Å². The minimum atomic E-state index is -0.882. The van der Waals surface area contributed by atoms with Crippen LogP contribution < -0.4 is 0 Å². The standard InChI is InChI=1S/C26H22N2O2S/c1-17-11-13-20(14-12-17)27-25-26(16-15-18-7-5-6-10-21(18)23(26)29)22(24(28-30)31-25)19-8-3-2-4-9-19/h2-14,22,30H,15-16H2,1H3/b27-25?,28-24-/t22-,26+/m0/s1. The average molecular weight is 427 g/mol. The molecular formula is C26H22N2O2S. The summed E-state index contributed by atoms with van der Waals surface area (Å²) in [4.78, 5) is 19.1. The van der Waals surface area contributed by atoms with Gasteiger partial charge in [0.2, 0.25) is 0 Å². The molecule has 3 aromatic rings. The van der Waals surface area contributed by atoms with Crippen LogP contribution in [0.25, 0.3) is 0 Å². The summed E-state index contributed by atoms with van der Waals surface area (Å²) in [6.07, 6.45) is 1.40. The van der Waals surface area contributed by atoms with Crippen LogP contribution >= 0.6 is 11.8 Å². The van der Waals surface area contributed by atoms with Crippen molar-refractivity contribution in [3.8, 4) is 0 Å². The molecule has 1 spiro atoms. The van der Waals surface area contributed by atoms with Gasteiger partial charge in [-0.3, -0.25) is 4.79 Å². The SMILES string of the molecule is Cc1ccc(N=C2S/C(=N\O)[C@H](c3ccccc3)[C@@]23CCc2ccccc2C3=O)cc1. The van der Waals surface area contributed by atoms with Crippen molar-refractivity contribution in [1.82, 2.24) is 0 Å². The number of carbonyl (C=O) groups excluding carboxylic acids is 1. The molecule has 1 aliphatic carbocycles. The van der Waals surface area contributed by atoms with Crippen molar-refractivity contribution in [3.63, 3.8) is 0 Å². The molecule has 1 aliphatic heterocycles. The van der Waals surface area contributed by atoms with Crippen LogP contribution in [0.2, 0.25) is 0 Å². The van der Waals surface area contributed by atoms with Crippen molar-refractivity contribution in [2.45, 2.75) is 25.7 Å². The lowest BCUT2D eigenvalue weighted by atomic mass is 9.62. The van der Waals surface area contributed by atoms with E-state index in [1.165, 1.54) is 11.8 Å². The largest absolute Gasteiger partial charge is 0.410 e. The second-order valence-corrected chi connectivity index (χ2v) is 9.10. The van der Waals surface area contributed by atoms with Gasteiger partial charge in [-0.05, 0) is 43.0 Å². The van der Waals surface area contributed by atoms with Crippen molar-refractivity contribution >= 4 is 33.3 Å². The first-order valence-corrected chi connectivity index (χ1v) is 11.2. The van der Waals surface area contributed by atoms with Crippen LogP contribution in [0.4, 0.5) is 5.69 Å². The Hall–Kier alpha value is -3.18. The van der Waals surface area contributed by atoms with Gasteiger partial charge in [0.25, 0.3) is 0 Å². The number of rotatable bonds is 2. The fourth-order valence-corrected chi connectivity index (χ4v) is 6.06. The van der Waals surface area contributed by atoms with Gasteiger partial charge < -0.3 is 5.21 Å². The number of carbonyl (C=O) groups is 1. The molecule has 31 heavy (non-hydrogen) atoms. The minimum absolute atomic E-state index is 0.0558. The summed E-state index contributed by atoms with van der Waals surface area (Å²) < 4.78 is 0. The van der Waals surface area contributed by atoms with Crippen molar-refractivity contribution in [3.05, 3.63) is 101 Å². The summed E-state index contributed by atoms with van der Waals surface area (Å²) in [5, 5.41) is 14.8. The molecule has 3 aromatic carbocycles. The molecule has 5 heteroatoms. The Kier molecular flexibility index (Phi) is 4.98. The number of fused-ring (bicyclic) bond motifs is 1. The predicted octanol–water partition coefficient (Wildman–Crippen LogP) is 6.16. The maximum Gasteiger partial charge on any atom is 0.176 e. The number of oxime groups is 1. The number of aryl methyl sites for hydroxylation is 2. The Morgan fingerprint density at radius 2 is 1.68 bits per heavy atom. The molecule has 1 fully saturated rings. The predicted molar refractivity (Wildman–Crippen MR) is 126 cm³/mol. The lowest BCUT2D eigenvalue weighted by Gasteiger charge is -2.37. The molecule has 4 nitrogen and oxygen atoms in total. The fraction of sp³-hybridized carbons (Fsp3) is 0.192. The number of hydrogen-bond acceptors (Lipinski definition) is 5. The highest BCUT2D eigenvalue weighted by Crippen LogP contribution is 2.57. The third kappa shape index (κ3) is 3.20. The summed E-state index contributed by atoms with van der Waals surface area (Å²) in [6, 6.07) is 25.6. The van der Waals surface area contributed by atoms with Gasteiger partial charge >= 0.3 is 0 Å². The number of ketones is 1. The first kappa shape index (κ1) is 19.8. The molecule has 154 valence electrons. The quantitative estimate of drug-likeness (QED) is 0.394. The zero-order chi connectivity index (χ0) is 21.4. The Balaban J connectivity index is 1.74. The van der Waals surface area contributed by atoms with E-state index in [2.05, 4.69) is 5.16 Å². The van der Waals surface area contributed by atoms with E-state index in [1.807, 2.05) is 85.8 Å². The number of nitrogens with zero attached hydrogens (tertiary/aromatic N) is 2. The molecule has 1 saturated heterocycles. The number of benzene rings is 3. The van der Waals surface area contributed by atoms with E-state index in [-0.39, 0.29) is 11.7 Å². The van der Waals surface area contributed by atoms with E-state index >= 15 is 0 Å². The van der Waals surface area contributed by atoms with Gasteiger partial charge in [0.05, 0.1) is 22.1 Å². The molecule has 0 aromatic heterocycles. The van der Waals surface area contributed by atoms with Gasteiger partial charge in [0.15, 0.2) is 5.78 Å². The summed E-state index contributed by atoms with van der Waals surface area (Å²) in [5.74, 6) is -0.311. The van der Waals surface area contributed by atoms with Gasteiger partial charge in [-0.25, -0.2) is 4.99 Å². The van der Waals surface area contributed by atoms with Crippen molar-refractivity contribution in [2.75, 3.05) is 0 Å². The number of aliphatic imine (C=N–C) groups is 1. The van der Waals surface area contributed by atoms with Gasteiger partial charge in [-0.2, -0.15) is 0 Å². The first-order chi connectivity index (χ1) is 15.1. The molecule has 1 N–H and O–H groups in total. The minimum Gasteiger partial charge on any atom is -0.410 e. The molecule has 0 bridgehead atoms. The van der Waals surface area contributed by atoms with E-state index in [0.29, 0.717) is 16.5 Å². The van der Waals surface area contributed by atoms with Crippen molar-refractivity contribution in [2.24, 2.45) is 15.6 Å². The fourth-order valence-electron chi connectivity index (χ4n) is 4.72. The van der Waals surface area contributed by atoms with Crippen LogP contribution in [0, 0.1) is 12.3 Å². The Morgan fingerprint density at radius 3 is 2.42 bits per heavy atom. The van der Waals surface area contributed by atoms with Crippen LogP contribution in [-0.2, 0) is 6.42 Å². The monoisotopic (exact) mass is 426 g/mol. The molecule has 1 heterocycles. The zero-order valence-corrected chi connectivity index (χ0v) is 18.0. The second kappa shape index (κ2) is 7.82. The van der Waals surface area contributed by atoms with Crippen molar-refractivity contribution < 1.29 is 10.0 Å². The summed E-state index contributed by atoms with van der Waals surface area (Å²) in [6.45, 7) is 2.03. The highest BCUT2D eigenvalue weighted by Gasteiger charge is 2.59. The van der Waals surface area contributed by atoms with Crippen LogP contribution in [0.5, 0.6) is 0 Å². The lowest BCUT2D eigenvalue weighted by Crippen LogP contribution is -2.44. The highest BCUT2D eigenvalue weighted by molar-refractivity contribution is 8.27. The number of hydrogen-bond donors (Lipinski definition) is 1. The Labute approximate surface area is 185 Å². The molecule has 0 unspecified atom stereocenters. The van der Waals surface area contributed by atoms with Crippen molar-refractivity contribution in [1.29, 1.82) is 0 Å². The Bertz CT molecular complexity index is 1200. The van der Waals surface area contributed by atoms with Gasteiger partial charge in [0, 0.05) is 5.56 Å². The summed E-state index contributed by atoms with van der Waals surface area (Å²) >= 11 is 1.33. The molecular weight excluding hydrogens is 404 g/mol. The van der Waals surface area contributed by atoms with Crippen LogP contribution in [0.1, 0.15) is 39.4 Å². The lowest BCUT2D eigenvalue weighted by molar-refractivity contribution is 0.0843. The third-order valence-corrected chi connectivity index (χ3v) is 7.45. The first-order valence-electron chi connectivity index (χ1n) is 10.4.